The number of carbonyl (C=O) groups is 2. The van der Waals surface area contributed by atoms with Crippen LogP contribution in [-0.4, -0.2) is 11.8 Å². The summed E-state index contributed by atoms with van der Waals surface area (Å²) < 4.78 is 0. The quantitative estimate of drug-likeness (QED) is 0.0549. The van der Waals surface area contributed by atoms with Gasteiger partial charge in [0.2, 0.25) is 11.8 Å². The SMILES string of the molecule is C=CCCCC.CCCCCCCC/C=C\CCCCCCCC(N)=O.CCCCCCCC/C=C\CCCCCCCC(N)=O. The third-order valence-electron chi connectivity index (χ3n) is 8.13. The molecule has 0 unspecified atom stereocenters. The van der Waals surface area contributed by atoms with Crippen molar-refractivity contribution in [3.8, 4) is 0 Å². The molecule has 4 nitrogen and oxygen atoms in total. The Morgan fingerprint density at radius 1 is 0.391 bits per heavy atom. The first-order valence-corrected chi connectivity index (χ1v) is 19.9. The van der Waals surface area contributed by atoms with Crippen LogP contribution in [0.15, 0.2) is 37.0 Å². The molecule has 0 atom stereocenters. The van der Waals surface area contributed by atoms with Gasteiger partial charge >= 0.3 is 0 Å². The van der Waals surface area contributed by atoms with Crippen LogP contribution in [-0.2, 0) is 9.59 Å². The lowest BCUT2D eigenvalue weighted by atomic mass is 10.1. The van der Waals surface area contributed by atoms with Gasteiger partial charge in [-0.2, -0.15) is 0 Å². The van der Waals surface area contributed by atoms with E-state index in [0.29, 0.717) is 12.8 Å². The van der Waals surface area contributed by atoms with Crippen LogP contribution in [0, 0.1) is 0 Å². The van der Waals surface area contributed by atoms with Crippen LogP contribution < -0.4 is 11.5 Å². The average Bonchev–Trinajstić information content (AvgIpc) is 3.04. The Balaban J connectivity index is -0.000000682. The van der Waals surface area contributed by atoms with Crippen LogP contribution in [0.1, 0.15) is 220 Å². The molecule has 2 amide bonds. The van der Waals surface area contributed by atoms with Crippen LogP contribution in [0.3, 0.4) is 0 Å². The molecular weight excluding hydrogens is 564 g/mol. The molecular formula is C42H82N2O2. The molecule has 0 fully saturated rings. The lowest BCUT2D eigenvalue weighted by molar-refractivity contribution is -0.119. The predicted octanol–water partition coefficient (Wildman–Crippen LogP) is 13.4. The summed E-state index contributed by atoms with van der Waals surface area (Å²) in [6.45, 7) is 10.3. The summed E-state index contributed by atoms with van der Waals surface area (Å²) in [6, 6.07) is 0. The Morgan fingerprint density at radius 3 is 0.891 bits per heavy atom. The standard InChI is InChI=1S/2C18H35NO.C6H12/c2*1-2-3-4-5-6-7-8-9-10-11-12-13-14-15-16-17-18(19)20;1-3-5-6-4-2/h2*9-10H,2-8,11-17H2,1H3,(H2,19,20);3H,1,4-6H2,2H3/b2*10-9-;. The minimum atomic E-state index is -0.164. The van der Waals surface area contributed by atoms with Crippen molar-refractivity contribution in [3.05, 3.63) is 37.0 Å². The summed E-state index contributed by atoms with van der Waals surface area (Å²) in [7, 11) is 0. The van der Waals surface area contributed by atoms with Crippen LogP contribution in [0.2, 0.25) is 0 Å². The van der Waals surface area contributed by atoms with Crippen LogP contribution in [0.4, 0.5) is 0 Å². The number of rotatable bonds is 33. The van der Waals surface area contributed by atoms with E-state index in [-0.39, 0.29) is 11.8 Å². The molecule has 0 radical (unpaired) electrons. The third kappa shape index (κ3) is 57.8. The van der Waals surface area contributed by atoms with Gasteiger partial charge in [0.1, 0.15) is 0 Å². The monoisotopic (exact) mass is 647 g/mol. The summed E-state index contributed by atoms with van der Waals surface area (Å²) in [5.74, 6) is -0.328. The smallest absolute Gasteiger partial charge is 0.217 e. The fraction of sp³-hybridized carbons (Fsp3) is 0.810. The fourth-order valence-corrected chi connectivity index (χ4v) is 5.09. The molecule has 0 aromatic carbocycles. The van der Waals surface area contributed by atoms with Gasteiger partial charge in [0.25, 0.3) is 0 Å². The predicted molar refractivity (Wildman–Crippen MR) is 207 cm³/mol. The summed E-state index contributed by atoms with van der Waals surface area (Å²) in [6.07, 6.45) is 49.6. The van der Waals surface area contributed by atoms with Gasteiger partial charge in [-0.15, -0.1) is 6.58 Å². The molecule has 0 aliphatic carbocycles. The van der Waals surface area contributed by atoms with Gasteiger partial charge in [-0.25, -0.2) is 0 Å². The second kappa shape index (κ2) is 47.6. The van der Waals surface area contributed by atoms with Crippen molar-refractivity contribution in [3.63, 3.8) is 0 Å². The van der Waals surface area contributed by atoms with Crippen LogP contribution >= 0.6 is 0 Å². The second-order valence-corrected chi connectivity index (χ2v) is 13.0. The van der Waals surface area contributed by atoms with Crippen molar-refractivity contribution in [1.29, 1.82) is 0 Å². The van der Waals surface area contributed by atoms with Gasteiger partial charge in [-0.3, -0.25) is 9.59 Å². The Kier molecular flexibility index (Phi) is 50.2. The highest BCUT2D eigenvalue weighted by atomic mass is 16.1. The number of hydrogen-bond donors (Lipinski definition) is 2. The number of primary amides is 2. The number of amides is 2. The molecule has 0 bridgehead atoms. The molecule has 0 spiro atoms. The number of hydrogen-bond acceptors (Lipinski definition) is 2. The molecule has 4 heteroatoms. The van der Waals surface area contributed by atoms with E-state index in [9.17, 15) is 9.59 Å². The van der Waals surface area contributed by atoms with Crippen molar-refractivity contribution < 1.29 is 9.59 Å². The molecule has 0 aromatic heterocycles. The molecule has 0 saturated heterocycles. The van der Waals surface area contributed by atoms with Gasteiger partial charge in [-0.05, 0) is 70.6 Å². The second-order valence-electron chi connectivity index (χ2n) is 13.0. The first-order chi connectivity index (χ1) is 22.5. The molecule has 0 heterocycles. The lowest BCUT2D eigenvalue weighted by Gasteiger charge is -1.99. The molecule has 0 saturated carbocycles. The zero-order chi connectivity index (χ0) is 34.6. The van der Waals surface area contributed by atoms with E-state index in [4.69, 9.17) is 11.5 Å². The fourth-order valence-electron chi connectivity index (χ4n) is 5.09. The maximum absolute atomic E-state index is 10.5. The van der Waals surface area contributed by atoms with Crippen molar-refractivity contribution in [2.24, 2.45) is 11.5 Å². The molecule has 0 rings (SSSR count). The van der Waals surface area contributed by atoms with E-state index >= 15 is 0 Å². The van der Waals surface area contributed by atoms with Gasteiger partial charge < -0.3 is 11.5 Å². The zero-order valence-corrected chi connectivity index (χ0v) is 31.5. The average molecular weight is 647 g/mol. The summed E-state index contributed by atoms with van der Waals surface area (Å²) >= 11 is 0. The molecule has 46 heavy (non-hydrogen) atoms. The summed E-state index contributed by atoms with van der Waals surface area (Å²) in [5.41, 5.74) is 10.2. The van der Waals surface area contributed by atoms with Crippen molar-refractivity contribution in [2.75, 3.05) is 0 Å². The van der Waals surface area contributed by atoms with Gasteiger partial charge in [0.15, 0.2) is 0 Å². The van der Waals surface area contributed by atoms with E-state index in [0.717, 1.165) is 25.7 Å². The molecule has 272 valence electrons. The Bertz CT molecular complexity index is 606. The van der Waals surface area contributed by atoms with E-state index in [1.165, 1.54) is 161 Å². The highest BCUT2D eigenvalue weighted by Gasteiger charge is 1.95. The number of unbranched alkanes of at least 4 members (excludes halogenated alkanes) is 24. The Labute approximate surface area is 289 Å². The number of carbonyl (C=O) groups excluding carboxylic acids is 2. The van der Waals surface area contributed by atoms with E-state index < -0.39 is 0 Å². The molecule has 0 aromatic rings. The maximum atomic E-state index is 10.5. The van der Waals surface area contributed by atoms with Gasteiger partial charge in [0, 0.05) is 12.8 Å². The van der Waals surface area contributed by atoms with Crippen molar-refractivity contribution in [2.45, 2.75) is 220 Å². The zero-order valence-electron chi connectivity index (χ0n) is 31.5. The largest absolute Gasteiger partial charge is 0.370 e. The summed E-state index contributed by atoms with van der Waals surface area (Å²) in [5, 5.41) is 0. The minimum absolute atomic E-state index is 0.164. The van der Waals surface area contributed by atoms with Crippen molar-refractivity contribution >= 4 is 11.8 Å². The highest BCUT2D eigenvalue weighted by Crippen LogP contribution is 2.11. The maximum Gasteiger partial charge on any atom is 0.217 e. The van der Waals surface area contributed by atoms with Gasteiger partial charge in [-0.1, -0.05) is 167 Å². The lowest BCUT2D eigenvalue weighted by Crippen LogP contribution is -2.09. The third-order valence-corrected chi connectivity index (χ3v) is 8.13. The van der Waals surface area contributed by atoms with Gasteiger partial charge in [0.05, 0.1) is 0 Å². The van der Waals surface area contributed by atoms with E-state index in [1.807, 2.05) is 6.08 Å². The van der Waals surface area contributed by atoms with E-state index in [2.05, 4.69) is 51.7 Å². The topological polar surface area (TPSA) is 86.2 Å². The number of nitrogens with two attached hydrogens (primary N) is 2. The van der Waals surface area contributed by atoms with Crippen LogP contribution in [0.5, 0.6) is 0 Å². The normalized spacial score (nSPS) is 10.8. The summed E-state index contributed by atoms with van der Waals surface area (Å²) in [4.78, 5) is 21.1. The van der Waals surface area contributed by atoms with Crippen molar-refractivity contribution in [1.82, 2.24) is 0 Å². The molecule has 4 N–H and O–H groups in total. The Morgan fingerprint density at radius 2 is 0.652 bits per heavy atom. The van der Waals surface area contributed by atoms with E-state index in [1.54, 1.807) is 0 Å². The molecule has 0 aliphatic heterocycles. The Hall–Kier alpha value is -1.84. The first-order valence-electron chi connectivity index (χ1n) is 19.9. The highest BCUT2D eigenvalue weighted by molar-refractivity contribution is 5.73. The minimum Gasteiger partial charge on any atom is -0.370 e. The first kappa shape index (κ1) is 48.6. The van der Waals surface area contributed by atoms with Crippen LogP contribution in [0.25, 0.3) is 0 Å². The number of allylic oxidation sites excluding steroid dienone is 5. The molecule has 0 aliphatic rings.